The maximum atomic E-state index is 11.6. The van der Waals surface area contributed by atoms with Gasteiger partial charge in [0.15, 0.2) is 9.84 Å². The molecule has 0 spiro atoms. The maximum Gasteiger partial charge on any atom is 0.228 e. The summed E-state index contributed by atoms with van der Waals surface area (Å²) >= 11 is 0. The van der Waals surface area contributed by atoms with Crippen molar-refractivity contribution in [2.45, 2.75) is 19.4 Å². The van der Waals surface area contributed by atoms with Crippen LogP contribution in [0.5, 0.6) is 0 Å². The molecule has 2 aromatic heterocycles. The molecule has 1 aliphatic heterocycles. The number of nitrogens with zero attached hydrogens (tertiary/aromatic N) is 2. The van der Waals surface area contributed by atoms with Crippen LogP contribution in [-0.2, 0) is 16.3 Å². The first kappa shape index (κ1) is 13.3. The second-order valence-electron chi connectivity index (χ2n) is 4.87. The number of hydrogen-bond acceptors (Lipinski definition) is 7. The Hall–Kier alpha value is -1.67. The zero-order chi connectivity index (χ0) is 14.2. The normalized spacial score (nSPS) is 21.9. The van der Waals surface area contributed by atoms with Gasteiger partial charge in [-0.2, -0.15) is 4.98 Å². The van der Waals surface area contributed by atoms with Crippen molar-refractivity contribution in [2.75, 3.05) is 18.1 Å². The molecule has 0 aromatic carbocycles. The molecule has 1 saturated heterocycles. The SMILES string of the molecule is Cc1occc1-c1noc(CC2CS(=O)(=O)CCN2)n1. The lowest BCUT2D eigenvalue weighted by Gasteiger charge is -2.21. The van der Waals surface area contributed by atoms with Crippen LogP contribution >= 0.6 is 0 Å². The van der Waals surface area contributed by atoms with Gasteiger partial charge in [-0.05, 0) is 13.0 Å². The summed E-state index contributed by atoms with van der Waals surface area (Å²) in [6, 6.07) is 1.60. The van der Waals surface area contributed by atoms with Crippen LogP contribution in [0.4, 0.5) is 0 Å². The highest BCUT2D eigenvalue weighted by atomic mass is 32.2. The van der Waals surface area contributed by atoms with E-state index in [1.807, 2.05) is 6.92 Å². The second-order valence-corrected chi connectivity index (χ2v) is 7.10. The largest absolute Gasteiger partial charge is 0.469 e. The summed E-state index contributed by atoms with van der Waals surface area (Å²) in [5, 5.41) is 7.05. The van der Waals surface area contributed by atoms with E-state index in [4.69, 9.17) is 8.94 Å². The quantitative estimate of drug-likeness (QED) is 0.884. The summed E-state index contributed by atoms with van der Waals surface area (Å²) in [5.41, 5.74) is 0.782. The minimum Gasteiger partial charge on any atom is -0.469 e. The van der Waals surface area contributed by atoms with Gasteiger partial charge in [-0.25, -0.2) is 8.42 Å². The molecule has 3 heterocycles. The van der Waals surface area contributed by atoms with Crippen molar-refractivity contribution in [3.63, 3.8) is 0 Å². The predicted molar refractivity (Wildman–Crippen MR) is 70.9 cm³/mol. The third-order valence-electron chi connectivity index (χ3n) is 3.29. The second kappa shape index (κ2) is 5.02. The van der Waals surface area contributed by atoms with E-state index in [0.717, 1.165) is 11.3 Å². The van der Waals surface area contributed by atoms with Crippen LogP contribution in [-0.4, -0.2) is 42.7 Å². The Morgan fingerprint density at radius 1 is 1.50 bits per heavy atom. The van der Waals surface area contributed by atoms with Crippen LogP contribution < -0.4 is 5.32 Å². The van der Waals surface area contributed by atoms with Crippen LogP contribution in [0.25, 0.3) is 11.4 Å². The Morgan fingerprint density at radius 2 is 2.35 bits per heavy atom. The third-order valence-corrected chi connectivity index (χ3v) is 5.03. The number of furan rings is 1. The minimum absolute atomic E-state index is 0.107. The van der Waals surface area contributed by atoms with Crippen LogP contribution in [0.3, 0.4) is 0 Å². The van der Waals surface area contributed by atoms with Crippen LogP contribution in [0.2, 0.25) is 0 Å². The van der Waals surface area contributed by atoms with E-state index in [9.17, 15) is 8.42 Å². The minimum atomic E-state index is -2.96. The summed E-state index contributed by atoms with van der Waals surface area (Å²) in [4.78, 5) is 4.28. The van der Waals surface area contributed by atoms with Gasteiger partial charge in [-0.1, -0.05) is 5.16 Å². The highest BCUT2D eigenvalue weighted by Gasteiger charge is 2.26. The first-order chi connectivity index (χ1) is 9.53. The van der Waals surface area contributed by atoms with Gasteiger partial charge >= 0.3 is 0 Å². The van der Waals surface area contributed by atoms with Gasteiger partial charge in [0.2, 0.25) is 11.7 Å². The van der Waals surface area contributed by atoms with Gasteiger partial charge in [0, 0.05) is 19.0 Å². The Labute approximate surface area is 116 Å². The van der Waals surface area contributed by atoms with E-state index >= 15 is 0 Å². The van der Waals surface area contributed by atoms with Gasteiger partial charge < -0.3 is 14.3 Å². The van der Waals surface area contributed by atoms with E-state index < -0.39 is 9.84 Å². The first-order valence-electron chi connectivity index (χ1n) is 6.34. The number of sulfone groups is 1. The average molecular weight is 297 g/mol. The molecule has 20 heavy (non-hydrogen) atoms. The van der Waals surface area contributed by atoms with Crippen LogP contribution in [0.15, 0.2) is 21.3 Å². The number of rotatable bonds is 3. The molecule has 108 valence electrons. The molecule has 8 heteroatoms. The van der Waals surface area contributed by atoms with E-state index in [2.05, 4.69) is 15.5 Å². The fraction of sp³-hybridized carbons (Fsp3) is 0.500. The Morgan fingerprint density at radius 3 is 3.05 bits per heavy atom. The lowest BCUT2D eigenvalue weighted by atomic mass is 10.2. The van der Waals surface area contributed by atoms with Crippen molar-refractivity contribution >= 4 is 9.84 Å². The number of hydrogen-bond donors (Lipinski definition) is 1. The van der Waals surface area contributed by atoms with Crippen molar-refractivity contribution in [3.8, 4) is 11.4 Å². The molecule has 0 aliphatic carbocycles. The zero-order valence-corrected chi connectivity index (χ0v) is 11.8. The standard InChI is InChI=1S/C12H15N3O4S/c1-8-10(2-4-18-8)12-14-11(19-15-12)6-9-7-20(16,17)5-3-13-9/h2,4,9,13H,3,5-7H2,1H3. The van der Waals surface area contributed by atoms with Crippen LogP contribution in [0, 0.1) is 6.92 Å². The van der Waals surface area contributed by atoms with E-state index in [1.165, 1.54) is 0 Å². The molecule has 1 N–H and O–H groups in total. The molecule has 1 fully saturated rings. The molecule has 1 atom stereocenters. The Bertz CT molecular complexity index is 704. The molecule has 3 rings (SSSR count). The van der Waals surface area contributed by atoms with Gasteiger partial charge in [0.25, 0.3) is 0 Å². The molecular formula is C12H15N3O4S. The Balaban J connectivity index is 1.73. The number of aromatic nitrogens is 2. The predicted octanol–water partition coefficient (Wildman–Crippen LogP) is 0.567. The Kier molecular flexibility index (Phi) is 3.35. The molecule has 0 saturated carbocycles. The summed E-state index contributed by atoms with van der Waals surface area (Å²) in [6.07, 6.45) is 1.97. The molecule has 0 radical (unpaired) electrons. The summed E-state index contributed by atoms with van der Waals surface area (Å²) < 4.78 is 33.5. The highest BCUT2D eigenvalue weighted by molar-refractivity contribution is 7.91. The van der Waals surface area contributed by atoms with Gasteiger partial charge in [-0.3, -0.25) is 0 Å². The molecular weight excluding hydrogens is 282 g/mol. The van der Waals surface area contributed by atoms with Crippen molar-refractivity contribution in [1.82, 2.24) is 15.5 Å². The van der Waals surface area contributed by atoms with Gasteiger partial charge in [0.1, 0.15) is 5.76 Å². The molecule has 1 unspecified atom stereocenters. The fourth-order valence-corrected chi connectivity index (χ4v) is 3.72. The molecule has 1 aliphatic rings. The topological polar surface area (TPSA) is 98.2 Å². The third kappa shape index (κ3) is 2.75. The molecule has 0 bridgehead atoms. The number of nitrogens with one attached hydrogen (secondary N) is 1. The van der Waals surface area contributed by atoms with E-state index in [0.29, 0.717) is 24.7 Å². The van der Waals surface area contributed by atoms with Crippen molar-refractivity contribution in [3.05, 3.63) is 24.0 Å². The number of aryl methyl sites for hydroxylation is 1. The molecule has 7 nitrogen and oxygen atoms in total. The lowest BCUT2D eigenvalue weighted by Crippen LogP contribution is -2.46. The van der Waals surface area contributed by atoms with E-state index in [-0.39, 0.29) is 17.5 Å². The molecule has 2 aromatic rings. The lowest BCUT2D eigenvalue weighted by molar-refractivity contribution is 0.361. The summed E-state index contributed by atoms with van der Waals surface area (Å²) in [7, 11) is -2.96. The van der Waals surface area contributed by atoms with Crippen molar-refractivity contribution < 1.29 is 17.4 Å². The summed E-state index contributed by atoms with van der Waals surface area (Å²) in [6.45, 7) is 2.29. The average Bonchev–Trinajstić information content (AvgIpc) is 2.96. The van der Waals surface area contributed by atoms with Crippen molar-refractivity contribution in [1.29, 1.82) is 0 Å². The first-order valence-corrected chi connectivity index (χ1v) is 8.16. The van der Waals surface area contributed by atoms with Crippen molar-refractivity contribution in [2.24, 2.45) is 0 Å². The van der Waals surface area contributed by atoms with Gasteiger partial charge in [-0.15, -0.1) is 0 Å². The fourth-order valence-electron chi connectivity index (χ4n) is 2.27. The monoisotopic (exact) mass is 297 g/mol. The maximum absolute atomic E-state index is 11.6. The zero-order valence-electron chi connectivity index (χ0n) is 11.0. The highest BCUT2D eigenvalue weighted by Crippen LogP contribution is 2.21. The molecule has 0 amide bonds. The van der Waals surface area contributed by atoms with Crippen LogP contribution in [0.1, 0.15) is 11.7 Å². The summed E-state index contributed by atoms with van der Waals surface area (Å²) in [5.74, 6) is 1.90. The smallest absolute Gasteiger partial charge is 0.228 e. The van der Waals surface area contributed by atoms with Gasteiger partial charge in [0.05, 0.1) is 23.3 Å². The van der Waals surface area contributed by atoms with E-state index in [1.54, 1.807) is 12.3 Å².